The average molecular weight is 466 g/mol. The van der Waals surface area contributed by atoms with Crippen LogP contribution in [0.4, 0.5) is 0 Å². The molecule has 1 saturated carbocycles. The molecular weight excluding hydrogens is 434 g/mol. The fourth-order valence-corrected chi connectivity index (χ4v) is 5.21. The molecule has 0 bridgehead atoms. The molecule has 1 aromatic carbocycles. The van der Waals surface area contributed by atoms with E-state index < -0.39 is 5.60 Å². The lowest BCUT2D eigenvalue weighted by Gasteiger charge is -2.40. The lowest BCUT2D eigenvalue weighted by atomic mass is 9.83. The number of likely N-dealkylation sites (tertiary alicyclic amines) is 1. The molecule has 0 unspecified atom stereocenters. The van der Waals surface area contributed by atoms with Crippen molar-refractivity contribution in [1.82, 2.24) is 24.5 Å². The van der Waals surface area contributed by atoms with Crippen molar-refractivity contribution >= 4 is 11.7 Å². The fraction of sp³-hybridized carbons (Fsp3) is 0.520. The smallest absolute Gasteiger partial charge is 0.275 e. The van der Waals surface area contributed by atoms with Crippen molar-refractivity contribution in [3.05, 3.63) is 52.4 Å². The summed E-state index contributed by atoms with van der Waals surface area (Å²) in [6, 6.07) is 11.1. The summed E-state index contributed by atoms with van der Waals surface area (Å²) in [6.45, 7) is 1.42. The number of carbonyl (C=O) groups excluding carboxylic acids is 1. The molecular formula is C25H31N5O4. The molecule has 0 spiro atoms. The van der Waals surface area contributed by atoms with Gasteiger partial charge in [0.25, 0.3) is 11.5 Å². The number of amides is 1. The van der Waals surface area contributed by atoms with Gasteiger partial charge in [-0.25, -0.2) is 0 Å². The quantitative estimate of drug-likeness (QED) is 0.576. The minimum atomic E-state index is -0.861. The van der Waals surface area contributed by atoms with Crippen LogP contribution in [0.2, 0.25) is 0 Å². The molecule has 9 nitrogen and oxygen atoms in total. The highest BCUT2D eigenvalue weighted by Gasteiger charge is 2.46. The Morgan fingerprint density at radius 1 is 1.18 bits per heavy atom. The Morgan fingerprint density at radius 2 is 1.97 bits per heavy atom. The van der Waals surface area contributed by atoms with E-state index in [-0.39, 0.29) is 24.1 Å². The van der Waals surface area contributed by atoms with Crippen molar-refractivity contribution < 1.29 is 14.3 Å². The minimum absolute atomic E-state index is 0.0593. The lowest BCUT2D eigenvalue weighted by Crippen LogP contribution is -2.54. The van der Waals surface area contributed by atoms with Gasteiger partial charge < -0.3 is 19.4 Å². The largest absolute Gasteiger partial charge is 0.383 e. The Morgan fingerprint density at radius 3 is 2.74 bits per heavy atom. The summed E-state index contributed by atoms with van der Waals surface area (Å²) in [4.78, 5) is 36.1. The summed E-state index contributed by atoms with van der Waals surface area (Å²) in [6.07, 6.45) is 6.33. The number of aromatic amines is 1. The maximum atomic E-state index is 13.7. The molecule has 2 aromatic heterocycles. The van der Waals surface area contributed by atoms with E-state index in [9.17, 15) is 9.59 Å². The van der Waals surface area contributed by atoms with Gasteiger partial charge in [0.2, 0.25) is 5.78 Å². The molecule has 1 atom stereocenters. The standard InChI is InChI=1S/C25H31N5O4/c1-33-17-20-11-8-14-29(20)23(32)25(12-6-3-7-13-25)34-16-19-15-21(31)30-24(26-19)27-22(28-30)18-9-4-2-5-10-18/h2,4-5,9-10,15,20H,3,6-8,11-14,16-17H2,1H3,(H,26,27,28)/t20-/m1/s1. The van der Waals surface area contributed by atoms with Crippen LogP contribution in [0.25, 0.3) is 17.2 Å². The van der Waals surface area contributed by atoms with Crippen LogP contribution in [0.1, 0.15) is 50.6 Å². The molecule has 1 saturated heterocycles. The zero-order chi connectivity index (χ0) is 23.5. The van der Waals surface area contributed by atoms with E-state index in [1.807, 2.05) is 35.2 Å². The molecule has 1 amide bonds. The first-order valence-corrected chi connectivity index (χ1v) is 12.1. The van der Waals surface area contributed by atoms with Crippen LogP contribution in [0.5, 0.6) is 0 Å². The molecule has 1 aliphatic carbocycles. The van der Waals surface area contributed by atoms with Gasteiger partial charge in [0.05, 0.1) is 19.3 Å². The fourth-order valence-electron chi connectivity index (χ4n) is 5.21. The van der Waals surface area contributed by atoms with Crippen LogP contribution < -0.4 is 5.56 Å². The zero-order valence-corrected chi connectivity index (χ0v) is 19.5. The van der Waals surface area contributed by atoms with Gasteiger partial charge in [-0.05, 0) is 25.7 Å². The van der Waals surface area contributed by atoms with Crippen LogP contribution in [-0.4, -0.2) is 62.3 Å². The number of hydrogen-bond acceptors (Lipinski definition) is 6. The number of aromatic nitrogens is 4. The normalized spacial score (nSPS) is 20.1. The summed E-state index contributed by atoms with van der Waals surface area (Å²) in [5.41, 5.74) is 0.267. The monoisotopic (exact) mass is 465 g/mol. The second-order valence-corrected chi connectivity index (χ2v) is 9.26. The van der Waals surface area contributed by atoms with Gasteiger partial charge in [0.15, 0.2) is 5.82 Å². The van der Waals surface area contributed by atoms with Crippen LogP contribution in [0.15, 0.2) is 41.2 Å². The number of H-pyrrole nitrogens is 1. The molecule has 180 valence electrons. The number of rotatable bonds is 7. The molecule has 0 radical (unpaired) electrons. The molecule has 9 heteroatoms. The Balaban J connectivity index is 1.38. The van der Waals surface area contributed by atoms with Gasteiger partial charge in [0, 0.05) is 31.0 Å². The summed E-state index contributed by atoms with van der Waals surface area (Å²) < 4.78 is 13.0. The highest BCUT2D eigenvalue weighted by molar-refractivity contribution is 5.86. The molecule has 2 aliphatic rings. The number of carbonyl (C=O) groups is 1. The van der Waals surface area contributed by atoms with E-state index in [4.69, 9.17) is 9.47 Å². The van der Waals surface area contributed by atoms with Crippen molar-refractivity contribution in [3.63, 3.8) is 0 Å². The third kappa shape index (κ3) is 4.37. The van der Waals surface area contributed by atoms with Crippen LogP contribution in [0.3, 0.4) is 0 Å². The molecule has 1 N–H and O–H groups in total. The van der Waals surface area contributed by atoms with Gasteiger partial charge in [-0.3, -0.25) is 9.59 Å². The van der Waals surface area contributed by atoms with E-state index in [1.54, 1.807) is 7.11 Å². The number of ether oxygens (including phenoxy) is 2. The van der Waals surface area contributed by atoms with Gasteiger partial charge in [0.1, 0.15) is 5.60 Å². The highest BCUT2D eigenvalue weighted by atomic mass is 16.5. The number of methoxy groups -OCH3 is 1. The predicted molar refractivity (Wildman–Crippen MR) is 126 cm³/mol. The lowest BCUT2D eigenvalue weighted by molar-refractivity contribution is -0.167. The van der Waals surface area contributed by atoms with E-state index in [2.05, 4.69) is 15.1 Å². The van der Waals surface area contributed by atoms with Crippen molar-refractivity contribution in [3.8, 4) is 11.4 Å². The summed E-state index contributed by atoms with van der Waals surface area (Å²) in [5, 5.41) is 4.34. The van der Waals surface area contributed by atoms with E-state index in [0.29, 0.717) is 36.7 Å². The van der Waals surface area contributed by atoms with Crippen molar-refractivity contribution in [2.75, 3.05) is 20.3 Å². The van der Waals surface area contributed by atoms with Crippen LogP contribution in [-0.2, 0) is 20.9 Å². The number of nitrogens with one attached hydrogen (secondary N) is 1. The first-order valence-electron chi connectivity index (χ1n) is 12.1. The molecule has 5 rings (SSSR count). The minimum Gasteiger partial charge on any atom is -0.383 e. The van der Waals surface area contributed by atoms with Crippen LogP contribution >= 0.6 is 0 Å². The topological polar surface area (TPSA) is 102 Å². The Hall–Kier alpha value is -3.04. The van der Waals surface area contributed by atoms with Crippen molar-refractivity contribution in [2.24, 2.45) is 0 Å². The van der Waals surface area contributed by atoms with Crippen LogP contribution in [0, 0.1) is 0 Å². The molecule has 3 heterocycles. The average Bonchev–Trinajstić information content (AvgIpc) is 3.51. The second-order valence-electron chi connectivity index (χ2n) is 9.26. The number of hydrogen-bond donors (Lipinski definition) is 1. The van der Waals surface area contributed by atoms with Crippen molar-refractivity contribution in [1.29, 1.82) is 0 Å². The highest BCUT2D eigenvalue weighted by Crippen LogP contribution is 2.36. The van der Waals surface area contributed by atoms with E-state index in [0.717, 1.165) is 44.2 Å². The Kier molecular flexibility index (Phi) is 6.47. The summed E-state index contributed by atoms with van der Waals surface area (Å²) in [7, 11) is 1.67. The van der Waals surface area contributed by atoms with Gasteiger partial charge in [-0.2, -0.15) is 9.50 Å². The van der Waals surface area contributed by atoms with E-state index in [1.165, 1.54) is 10.6 Å². The summed E-state index contributed by atoms with van der Waals surface area (Å²) in [5.74, 6) is 0.891. The SMILES string of the molecule is COC[C@H]1CCCN1C(=O)C1(OCc2cc(=O)n3nc(-c4ccccc4)nc3[nH]2)CCCCC1. The Labute approximate surface area is 198 Å². The number of benzene rings is 1. The second kappa shape index (κ2) is 9.68. The van der Waals surface area contributed by atoms with Gasteiger partial charge in [-0.1, -0.05) is 49.6 Å². The summed E-state index contributed by atoms with van der Waals surface area (Å²) >= 11 is 0. The Bertz CT molecular complexity index is 1200. The third-order valence-corrected chi connectivity index (χ3v) is 6.97. The maximum absolute atomic E-state index is 13.7. The predicted octanol–water partition coefficient (Wildman–Crippen LogP) is 2.94. The number of nitrogens with zero attached hydrogens (tertiary/aromatic N) is 4. The van der Waals surface area contributed by atoms with E-state index >= 15 is 0 Å². The number of fused-ring (bicyclic) bond motifs is 1. The van der Waals surface area contributed by atoms with Crippen molar-refractivity contribution in [2.45, 2.75) is 63.2 Å². The maximum Gasteiger partial charge on any atom is 0.275 e. The van der Waals surface area contributed by atoms with Gasteiger partial charge in [-0.15, -0.1) is 5.10 Å². The zero-order valence-electron chi connectivity index (χ0n) is 19.5. The molecule has 2 fully saturated rings. The molecule has 34 heavy (non-hydrogen) atoms. The first kappa shape index (κ1) is 22.7. The molecule has 3 aromatic rings. The first-order chi connectivity index (χ1) is 16.6. The third-order valence-electron chi connectivity index (χ3n) is 6.97. The van der Waals surface area contributed by atoms with Gasteiger partial charge >= 0.3 is 0 Å². The molecule has 1 aliphatic heterocycles.